The zero-order chi connectivity index (χ0) is 18.4. The lowest BCUT2D eigenvalue weighted by molar-refractivity contribution is -0.129. The van der Waals surface area contributed by atoms with Crippen molar-refractivity contribution in [3.63, 3.8) is 0 Å². The zero-order valence-electron chi connectivity index (χ0n) is 15.2. The maximum Gasteiger partial charge on any atom is 0.225 e. The standard InChI is InChI=1S/C21H28N2O3/c24-19-8-6-17(7-9-19)11-13-23-15-18(14-20(23)25)21(26)22-12-10-16-4-2-1-3-5-16/h4,6-9,18,24H,1-3,5,10-15H2,(H,22,26)/t18-/m0/s1. The van der Waals surface area contributed by atoms with E-state index in [0.29, 0.717) is 26.1 Å². The number of rotatable bonds is 7. The quantitative estimate of drug-likeness (QED) is 0.738. The predicted octanol–water partition coefficient (Wildman–Crippen LogP) is 2.79. The Kier molecular flexibility index (Phi) is 6.31. The minimum Gasteiger partial charge on any atom is -0.508 e. The van der Waals surface area contributed by atoms with Crippen LogP contribution in [0.5, 0.6) is 5.75 Å². The summed E-state index contributed by atoms with van der Waals surface area (Å²) < 4.78 is 0. The fourth-order valence-electron chi connectivity index (χ4n) is 3.71. The third kappa shape index (κ3) is 5.10. The number of benzene rings is 1. The van der Waals surface area contributed by atoms with Crippen LogP contribution in [0, 0.1) is 5.92 Å². The summed E-state index contributed by atoms with van der Waals surface area (Å²) in [6, 6.07) is 7.03. The van der Waals surface area contributed by atoms with Crippen LogP contribution in [0.3, 0.4) is 0 Å². The molecule has 1 saturated heterocycles. The highest BCUT2D eigenvalue weighted by atomic mass is 16.3. The number of carbonyl (C=O) groups is 2. The van der Waals surface area contributed by atoms with E-state index in [2.05, 4.69) is 11.4 Å². The lowest BCUT2D eigenvalue weighted by atomic mass is 9.97. The number of nitrogens with zero attached hydrogens (tertiary/aromatic N) is 1. The molecule has 0 unspecified atom stereocenters. The van der Waals surface area contributed by atoms with Gasteiger partial charge in [-0.15, -0.1) is 0 Å². The second-order valence-electron chi connectivity index (χ2n) is 7.31. The number of phenolic OH excluding ortho intramolecular Hbond substituents is 1. The van der Waals surface area contributed by atoms with Gasteiger partial charge in [0.15, 0.2) is 0 Å². The number of carbonyl (C=O) groups excluding carboxylic acids is 2. The van der Waals surface area contributed by atoms with E-state index >= 15 is 0 Å². The molecule has 2 amide bonds. The van der Waals surface area contributed by atoms with E-state index in [1.165, 1.54) is 18.4 Å². The molecule has 140 valence electrons. The molecule has 0 spiro atoms. The van der Waals surface area contributed by atoms with Crippen molar-refractivity contribution < 1.29 is 14.7 Å². The highest BCUT2D eigenvalue weighted by molar-refractivity contribution is 5.89. The molecule has 5 heteroatoms. The van der Waals surface area contributed by atoms with Crippen LogP contribution in [0.2, 0.25) is 0 Å². The Morgan fingerprint density at radius 2 is 2.00 bits per heavy atom. The zero-order valence-corrected chi connectivity index (χ0v) is 15.2. The summed E-state index contributed by atoms with van der Waals surface area (Å²) in [5.41, 5.74) is 2.53. The van der Waals surface area contributed by atoms with E-state index in [4.69, 9.17) is 0 Å². The molecule has 2 N–H and O–H groups in total. The van der Waals surface area contributed by atoms with Gasteiger partial charge in [-0.05, 0) is 56.2 Å². The van der Waals surface area contributed by atoms with Gasteiger partial charge >= 0.3 is 0 Å². The SMILES string of the molecule is O=C(NCCC1=CCCCC1)[C@H]1CC(=O)N(CCc2ccc(O)cc2)C1. The molecular weight excluding hydrogens is 328 g/mol. The fraction of sp³-hybridized carbons (Fsp3) is 0.524. The van der Waals surface area contributed by atoms with Gasteiger partial charge in [0.25, 0.3) is 0 Å². The summed E-state index contributed by atoms with van der Waals surface area (Å²) >= 11 is 0. The van der Waals surface area contributed by atoms with Gasteiger partial charge in [-0.25, -0.2) is 0 Å². The van der Waals surface area contributed by atoms with Gasteiger partial charge in [-0.1, -0.05) is 23.8 Å². The molecule has 1 aromatic rings. The first-order valence-corrected chi connectivity index (χ1v) is 9.63. The van der Waals surface area contributed by atoms with Crippen LogP contribution in [-0.4, -0.2) is 41.5 Å². The van der Waals surface area contributed by atoms with Crippen LogP contribution in [0.15, 0.2) is 35.9 Å². The number of phenols is 1. The van der Waals surface area contributed by atoms with Crippen LogP contribution in [0.4, 0.5) is 0 Å². The Hall–Kier alpha value is -2.30. The second kappa shape index (κ2) is 8.88. The van der Waals surface area contributed by atoms with Crippen molar-refractivity contribution in [3.05, 3.63) is 41.5 Å². The highest BCUT2D eigenvalue weighted by Gasteiger charge is 2.33. The van der Waals surface area contributed by atoms with Crippen molar-refractivity contribution in [2.75, 3.05) is 19.6 Å². The lowest BCUT2D eigenvalue weighted by Crippen LogP contribution is -2.34. The summed E-state index contributed by atoms with van der Waals surface area (Å²) in [7, 11) is 0. The van der Waals surface area contributed by atoms with Crippen molar-refractivity contribution in [2.45, 2.75) is 44.9 Å². The van der Waals surface area contributed by atoms with Gasteiger partial charge in [-0.2, -0.15) is 0 Å². The average Bonchev–Trinajstić information content (AvgIpc) is 3.03. The van der Waals surface area contributed by atoms with Crippen LogP contribution >= 0.6 is 0 Å². The van der Waals surface area contributed by atoms with Gasteiger partial charge in [-0.3, -0.25) is 9.59 Å². The Morgan fingerprint density at radius 3 is 2.73 bits per heavy atom. The minimum atomic E-state index is -0.234. The van der Waals surface area contributed by atoms with Gasteiger partial charge < -0.3 is 15.3 Å². The molecule has 5 nitrogen and oxygen atoms in total. The number of allylic oxidation sites excluding steroid dienone is 1. The average molecular weight is 356 g/mol. The predicted molar refractivity (Wildman–Crippen MR) is 101 cm³/mol. The van der Waals surface area contributed by atoms with Crippen LogP contribution in [0.1, 0.15) is 44.1 Å². The number of hydrogen-bond acceptors (Lipinski definition) is 3. The summed E-state index contributed by atoms with van der Waals surface area (Å²) in [4.78, 5) is 26.3. The monoisotopic (exact) mass is 356 g/mol. The Balaban J connectivity index is 1.40. The van der Waals surface area contributed by atoms with E-state index in [9.17, 15) is 14.7 Å². The van der Waals surface area contributed by atoms with Gasteiger partial charge in [0.1, 0.15) is 5.75 Å². The Bertz CT molecular complexity index is 666. The first kappa shape index (κ1) is 18.5. The van der Waals surface area contributed by atoms with Crippen molar-refractivity contribution in [3.8, 4) is 5.75 Å². The molecule has 3 rings (SSSR count). The van der Waals surface area contributed by atoms with E-state index in [1.807, 2.05) is 12.1 Å². The lowest BCUT2D eigenvalue weighted by Gasteiger charge is -2.17. The Labute approximate surface area is 155 Å². The molecule has 1 aliphatic heterocycles. The third-order valence-electron chi connectivity index (χ3n) is 5.32. The first-order valence-electron chi connectivity index (χ1n) is 9.63. The summed E-state index contributed by atoms with van der Waals surface area (Å²) in [5, 5.41) is 12.3. The van der Waals surface area contributed by atoms with E-state index in [0.717, 1.165) is 31.2 Å². The summed E-state index contributed by atoms with van der Waals surface area (Å²) in [6.45, 7) is 1.79. The topological polar surface area (TPSA) is 69.6 Å². The number of nitrogens with one attached hydrogen (secondary N) is 1. The number of likely N-dealkylation sites (tertiary alicyclic amines) is 1. The van der Waals surface area contributed by atoms with E-state index in [-0.39, 0.29) is 23.5 Å². The van der Waals surface area contributed by atoms with Gasteiger partial charge in [0, 0.05) is 26.1 Å². The maximum absolute atomic E-state index is 12.4. The van der Waals surface area contributed by atoms with Gasteiger partial charge in [0.05, 0.1) is 5.92 Å². The highest BCUT2D eigenvalue weighted by Crippen LogP contribution is 2.21. The summed E-state index contributed by atoms with van der Waals surface area (Å²) in [5.74, 6) is 0.0650. The number of amides is 2. The molecule has 1 aromatic carbocycles. The molecule has 0 bridgehead atoms. The maximum atomic E-state index is 12.4. The fourth-order valence-corrected chi connectivity index (χ4v) is 3.71. The van der Waals surface area contributed by atoms with Gasteiger partial charge in [0.2, 0.25) is 11.8 Å². The van der Waals surface area contributed by atoms with Crippen molar-refractivity contribution in [2.24, 2.45) is 5.92 Å². The Morgan fingerprint density at radius 1 is 1.19 bits per heavy atom. The molecule has 1 fully saturated rings. The first-order chi connectivity index (χ1) is 12.6. The number of hydrogen-bond donors (Lipinski definition) is 2. The van der Waals surface area contributed by atoms with Crippen molar-refractivity contribution in [1.82, 2.24) is 10.2 Å². The van der Waals surface area contributed by atoms with E-state index in [1.54, 1.807) is 17.0 Å². The van der Waals surface area contributed by atoms with Crippen LogP contribution < -0.4 is 5.32 Å². The molecule has 1 aliphatic carbocycles. The molecule has 2 aliphatic rings. The smallest absolute Gasteiger partial charge is 0.225 e. The molecule has 0 aromatic heterocycles. The largest absolute Gasteiger partial charge is 0.508 e. The van der Waals surface area contributed by atoms with E-state index < -0.39 is 0 Å². The molecule has 0 saturated carbocycles. The second-order valence-corrected chi connectivity index (χ2v) is 7.31. The molecule has 1 heterocycles. The third-order valence-corrected chi connectivity index (χ3v) is 5.32. The van der Waals surface area contributed by atoms with Crippen LogP contribution in [0.25, 0.3) is 0 Å². The van der Waals surface area contributed by atoms with Crippen LogP contribution in [-0.2, 0) is 16.0 Å². The number of aromatic hydroxyl groups is 1. The van der Waals surface area contributed by atoms with Crippen molar-refractivity contribution in [1.29, 1.82) is 0 Å². The van der Waals surface area contributed by atoms with Crippen molar-refractivity contribution >= 4 is 11.8 Å². The minimum absolute atomic E-state index is 0.00175. The molecular formula is C21H28N2O3. The molecule has 0 radical (unpaired) electrons. The normalized spacial score (nSPS) is 20.2. The molecule has 1 atom stereocenters. The summed E-state index contributed by atoms with van der Waals surface area (Å²) in [6.07, 6.45) is 9.13. The molecule has 26 heavy (non-hydrogen) atoms.